The third-order valence-electron chi connectivity index (χ3n) is 4.15. The molecule has 4 aromatic rings. The van der Waals surface area contributed by atoms with Crippen LogP contribution in [0.4, 0.5) is 20.3 Å². The molecular weight excluding hydrogens is 336 g/mol. The second kappa shape index (κ2) is 6.18. The van der Waals surface area contributed by atoms with E-state index in [1.807, 2.05) is 31.2 Å². The summed E-state index contributed by atoms with van der Waals surface area (Å²) in [4.78, 5) is 13.3. The van der Waals surface area contributed by atoms with Gasteiger partial charge in [0.2, 0.25) is 0 Å². The Morgan fingerprint density at radius 3 is 2.42 bits per heavy atom. The normalized spacial score (nSPS) is 11.1. The van der Waals surface area contributed by atoms with Gasteiger partial charge in [0, 0.05) is 12.6 Å². The SMILES string of the molecule is Cc1ccccc1-c1nc(Nc2c(F)cccc2F)c2ncn(C)c2n1. The highest BCUT2D eigenvalue weighted by Gasteiger charge is 2.17. The number of aryl methyl sites for hydroxylation is 2. The van der Waals surface area contributed by atoms with Crippen molar-refractivity contribution >= 4 is 22.7 Å². The summed E-state index contributed by atoms with van der Waals surface area (Å²) in [6.45, 7) is 1.95. The summed E-state index contributed by atoms with van der Waals surface area (Å²) >= 11 is 0. The number of hydrogen-bond donors (Lipinski definition) is 1. The van der Waals surface area contributed by atoms with Crippen LogP contribution in [0, 0.1) is 18.6 Å². The molecule has 0 aliphatic heterocycles. The minimum Gasteiger partial charge on any atom is -0.333 e. The van der Waals surface area contributed by atoms with Crippen LogP contribution in [0.25, 0.3) is 22.6 Å². The molecule has 2 aromatic carbocycles. The zero-order valence-corrected chi connectivity index (χ0v) is 14.2. The molecule has 0 saturated heterocycles. The van der Waals surface area contributed by atoms with E-state index >= 15 is 0 Å². The number of rotatable bonds is 3. The van der Waals surface area contributed by atoms with Crippen LogP contribution >= 0.6 is 0 Å². The predicted molar refractivity (Wildman–Crippen MR) is 96.1 cm³/mol. The van der Waals surface area contributed by atoms with Crippen LogP contribution in [0.3, 0.4) is 0 Å². The summed E-state index contributed by atoms with van der Waals surface area (Å²) < 4.78 is 29.9. The molecule has 0 saturated carbocycles. The van der Waals surface area contributed by atoms with Crippen LogP contribution in [0.2, 0.25) is 0 Å². The highest BCUT2D eigenvalue weighted by molar-refractivity contribution is 5.87. The lowest BCUT2D eigenvalue weighted by atomic mass is 10.1. The van der Waals surface area contributed by atoms with Gasteiger partial charge in [0.1, 0.15) is 17.3 Å². The van der Waals surface area contributed by atoms with Crippen molar-refractivity contribution in [3.63, 3.8) is 0 Å². The molecule has 5 nitrogen and oxygen atoms in total. The molecular formula is C19H15F2N5. The highest BCUT2D eigenvalue weighted by atomic mass is 19.1. The zero-order chi connectivity index (χ0) is 18.3. The minimum atomic E-state index is -0.704. The van der Waals surface area contributed by atoms with Crippen molar-refractivity contribution in [2.45, 2.75) is 6.92 Å². The summed E-state index contributed by atoms with van der Waals surface area (Å²) in [6.07, 6.45) is 1.59. The van der Waals surface area contributed by atoms with Crippen molar-refractivity contribution < 1.29 is 8.78 Å². The van der Waals surface area contributed by atoms with Crippen LogP contribution in [-0.2, 0) is 7.05 Å². The van der Waals surface area contributed by atoms with Gasteiger partial charge in [0.05, 0.1) is 6.33 Å². The Hall–Kier alpha value is -3.35. The van der Waals surface area contributed by atoms with Crippen LogP contribution in [0.1, 0.15) is 5.56 Å². The van der Waals surface area contributed by atoms with E-state index in [9.17, 15) is 8.78 Å². The summed E-state index contributed by atoms with van der Waals surface area (Å²) in [5.74, 6) is -0.702. The molecule has 0 fully saturated rings. The topological polar surface area (TPSA) is 55.6 Å². The van der Waals surface area contributed by atoms with Crippen LogP contribution in [-0.4, -0.2) is 19.5 Å². The van der Waals surface area contributed by atoms with E-state index in [2.05, 4.69) is 20.3 Å². The molecule has 0 aliphatic carbocycles. The van der Waals surface area contributed by atoms with Crippen LogP contribution < -0.4 is 5.32 Å². The quantitative estimate of drug-likeness (QED) is 0.596. The minimum absolute atomic E-state index is 0.248. The maximum absolute atomic E-state index is 14.1. The van der Waals surface area contributed by atoms with Crippen LogP contribution in [0.5, 0.6) is 0 Å². The van der Waals surface area contributed by atoms with Gasteiger partial charge in [-0.05, 0) is 24.6 Å². The molecule has 0 unspecified atom stereocenters. The predicted octanol–water partition coefficient (Wildman–Crippen LogP) is 4.36. The second-order valence-corrected chi connectivity index (χ2v) is 5.96. The lowest BCUT2D eigenvalue weighted by molar-refractivity contribution is 0.590. The fourth-order valence-corrected chi connectivity index (χ4v) is 2.77. The average molecular weight is 351 g/mol. The van der Waals surface area contributed by atoms with E-state index in [-0.39, 0.29) is 11.5 Å². The Balaban J connectivity index is 1.93. The molecule has 2 heterocycles. The molecule has 2 aromatic heterocycles. The Labute approximate surface area is 148 Å². The van der Waals surface area contributed by atoms with E-state index in [1.54, 1.807) is 17.9 Å². The summed E-state index contributed by atoms with van der Waals surface area (Å²) in [5.41, 5.74) is 2.57. The van der Waals surface area contributed by atoms with Gasteiger partial charge in [-0.25, -0.2) is 23.7 Å². The van der Waals surface area contributed by atoms with Gasteiger partial charge in [-0.15, -0.1) is 0 Å². The number of para-hydroxylation sites is 1. The van der Waals surface area contributed by atoms with Crippen molar-refractivity contribution in [1.82, 2.24) is 19.5 Å². The molecule has 0 bridgehead atoms. The Morgan fingerprint density at radius 1 is 0.962 bits per heavy atom. The van der Waals surface area contributed by atoms with Gasteiger partial charge < -0.3 is 9.88 Å². The lowest BCUT2D eigenvalue weighted by Crippen LogP contribution is -2.04. The number of imidazole rings is 1. The molecule has 0 radical (unpaired) electrons. The first-order valence-corrected chi connectivity index (χ1v) is 8.00. The fraction of sp³-hybridized carbons (Fsp3) is 0.105. The molecule has 0 aliphatic rings. The monoisotopic (exact) mass is 351 g/mol. The molecule has 4 rings (SSSR count). The number of anilines is 2. The van der Waals surface area contributed by atoms with Gasteiger partial charge in [-0.1, -0.05) is 30.3 Å². The Kier molecular flexibility index (Phi) is 3.84. The average Bonchev–Trinajstić information content (AvgIpc) is 3.00. The number of hydrogen-bond acceptors (Lipinski definition) is 4. The number of fused-ring (bicyclic) bond motifs is 1. The number of halogens is 2. The van der Waals surface area contributed by atoms with Crippen molar-refractivity contribution in [2.75, 3.05) is 5.32 Å². The largest absolute Gasteiger partial charge is 0.333 e. The maximum Gasteiger partial charge on any atom is 0.165 e. The highest BCUT2D eigenvalue weighted by Crippen LogP contribution is 2.29. The van der Waals surface area contributed by atoms with Crippen molar-refractivity contribution in [3.05, 3.63) is 66.0 Å². The fourth-order valence-electron chi connectivity index (χ4n) is 2.77. The van der Waals surface area contributed by atoms with Gasteiger partial charge >= 0.3 is 0 Å². The number of nitrogens with zero attached hydrogens (tertiary/aromatic N) is 4. The first-order chi connectivity index (χ1) is 12.5. The van der Waals surface area contributed by atoms with Gasteiger partial charge in [-0.3, -0.25) is 0 Å². The van der Waals surface area contributed by atoms with E-state index < -0.39 is 11.6 Å². The van der Waals surface area contributed by atoms with Crippen molar-refractivity contribution in [3.8, 4) is 11.4 Å². The van der Waals surface area contributed by atoms with Gasteiger partial charge in [0.25, 0.3) is 0 Å². The molecule has 130 valence electrons. The first-order valence-electron chi connectivity index (χ1n) is 8.00. The Bertz CT molecular complexity index is 1100. The van der Waals surface area contributed by atoms with Crippen LogP contribution in [0.15, 0.2) is 48.8 Å². The van der Waals surface area contributed by atoms with Gasteiger partial charge in [-0.2, -0.15) is 0 Å². The summed E-state index contributed by atoms with van der Waals surface area (Å²) in [6, 6.07) is 11.4. The van der Waals surface area contributed by atoms with E-state index in [4.69, 9.17) is 0 Å². The second-order valence-electron chi connectivity index (χ2n) is 5.96. The number of nitrogens with one attached hydrogen (secondary N) is 1. The summed E-state index contributed by atoms with van der Waals surface area (Å²) in [5, 5.41) is 2.75. The van der Waals surface area contributed by atoms with E-state index in [0.29, 0.717) is 17.0 Å². The molecule has 7 heteroatoms. The number of benzene rings is 2. The first kappa shape index (κ1) is 16.1. The molecule has 26 heavy (non-hydrogen) atoms. The molecule has 0 spiro atoms. The third-order valence-corrected chi connectivity index (χ3v) is 4.15. The maximum atomic E-state index is 14.1. The van der Waals surface area contributed by atoms with Gasteiger partial charge in [0.15, 0.2) is 22.8 Å². The third kappa shape index (κ3) is 2.67. The molecule has 0 atom stereocenters. The zero-order valence-electron chi connectivity index (χ0n) is 14.2. The smallest absolute Gasteiger partial charge is 0.165 e. The standard InChI is InChI=1S/C19H15F2N5/c1-11-6-3-4-7-12(11)17-24-18(16-19(25-17)26(2)10-22-16)23-15-13(20)8-5-9-14(15)21/h3-10H,1-2H3,(H,23,24,25). The summed E-state index contributed by atoms with van der Waals surface area (Å²) in [7, 11) is 1.80. The lowest BCUT2D eigenvalue weighted by Gasteiger charge is -2.11. The Morgan fingerprint density at radius 2 is 1.69 bits per heavy atom. The number of aromatic nitrogens is 4. The van der Waals surface area contributed by atoms with E-state index in [0.717, 1.165) is 11.1 Å². The molecule has 1 N–H and O–H groups in total. The van der Waals surface area contributed by atoms with E-state index in [1.165, 1.54) is 18.2 Å². The molecule has 0 amide bonds. The van der Waals surface area contributed by atoms with Crippen molar-refractivity contribution in [2.24, 2.45) is 7.05 Å². The van der Waals surface area contributed by atoms with Crippen molar-refractivity contribution in [1.29, 1.82) is 0 Å².